The Labute approximate surface area is 247 Å². The highest BCUT2D eigenvalue weighted by Gasteiger charge is 2.45. The standard InChI is InChI=1S/C33H40O9/c1-11-16(3)27(34)24-18(5)19(6)28(42-33(35)17(4)12-2)21-14-23-30(41-15-40-23)32(39-10)26(21)25-20(24)13-22(36-7)29(37-8)31(25)38-9/h11-14,18-19,24,28H,15H2,1-10H3/b16-11+,17-12+/t18-,19-,24-,28-/m1/s1. The third-order valence-electron chi connectivity index (χ3n) is 8.53. The summed E-state index contributed by atoms with van der Waals surface area (Å²) in [6, 6.07) is 3.65. The molecule has 0 unspecified atom stereocenters. The number of hydrogen-bond donors (Lipinski definition) is 0. The molecule has 1 aliphatic heterocycles. The van der Waals surface area contributed by atoms with E-state index in [-0.39, 0.29) is 24.4 Å². The number of carbonyl (C=O) groups is 2. The molecule has 0 aromatic heterocycles. The zero-order valence-electron chi connectivity index (χ0n) is 26.0. The van der Waals surface area contributed by atoms with Crippen molar-refractivity contribution in [3.63, 3.8) is 0 Å². The van der Waals surface area contributed by atoms with Crippen LogP contribution in [0.3, 0.4) is 0 Å². The molecular weight excluding hydrogens is 540 g/mol. The summed E-state index contributed by atoms with van der Waals surface area (Å²) in [5, 5.41) is 0. The summed E-state index contributed by atoms with van der Waals surface area (Å²) < 4.78 is 41.5. The highest BCUT2D eigenvalue weighted by Crippen LogP contribution is 2.60. The van der Waals surface area contributed by atoms with Crippen molar-refractivity contribution < 1.29 is 42.7 Å². The van der Waals surface area contributed by atoms with Crippen molar-refractivity contribution in [2.75, 3.05) is 35.2 Å². The van der Waals surface area contributed by atoms with Gasteiger partial charge in [0.2, 0.25) is 18.3 Å². The number of esters is 1. The second-order valence-corrected chi connectivity index (χ2v) is 10.5. The first-order valence-corrected chi connectivity index (χ1v) is 13.9. The van der Waals surface area contributed by atoms with Gasteiger partial charge in [-0.25, -0.2) is 4.79 Å². The zero-order valence-corrected chi connectivity index (χ0v) is 26.0. The fourth-order valence-corrected chi connectivity index (χ4v) is 5.80. The second kappa shape index (κ2) is 12.4. The lowest BCUT2D eigenvalue weighted by atomic mass is 9.68. The number of ketones is 1. The highest BCUT2D eigenvalue weighted by atomic mass is 16.7. The lowest BCUT2D eigenvalue weighted by molar-refractivity contribution is -0.148. The molecule has 0 amide bonds. The Balaban J connectivity index is 2.25. The average molecular weight is 581 g/mol. The molecule has 0 spiro atoms. The molecule has 0 N–H and O–H groups in total. The number of methoxy groups -OCH3 is 4. The van der Waals surface area contributed by atoms with Gasteiger partial charge in [-0.3, -0.25) is 4.79 Å². The van der Waals surface area contributed by atoms with Crippen molar-refractivity contribution in [1.29, 1.82) is 0 Å². The number of benzene rings is 2. The maximum atomic E-state index is 14.2. The summed E-state index contributed by atoms with van der Waals surface area (Å²) in [7, 11) is 6.13. The predicted molar refractivity (Wildman–Crippen MR) is 158 cm³/mol. The van der Waals surface area contributed by atoms with Crippen molar-refractivity contribution >= 4 is 11.8 Å². The fourth-order valence-electron chi connectivity index (χ4n) is 5.80. The van der Waals surface area contributed by atoms with E-state index in [0.717, 1.165) is 0 Å². The lowest BCUT2D eigenvalue weighted by Gasteiger charge is -2.39. The predicted octanol–water partition coefficient (Wildman–Crippen LogP) is 6.57. The third kappa shape index (κ3) is 4.95. The fraction of sp³-hybridized carbons (Fsp3) is 0.455. The zero-order chi connectivity index (χ0) is 30.9. The molecule has 1 heterocycles. The summed E-state index contributed by atoms with van der Waals surface area (Å²) in [6.07, 6.45) is 2.72. The van der Waals surface area contributed by atoms with E-state index >= 15 is 0 Å². The minimum Gasteiger partial charge on any atom is -0.493 e. The van der Waals surface area contributed by atoms with Crippen LogP contribution in [0.15, 0.2) is 35.4 Å². The van der Waals surface area contributed by atoms with E-state index in [9.17, 15) is 9.59 Å². The Morgan fingerprint density at radius 2 is 1.40 bits per heavy atom. The van der Waals surface area contributed by atoms with E-state index in [1.165, 1.54) is 21.3 Å². The van der Waals surface area contributed by atoms with Gasteiger partial charge in [-0.15, -0.1) is 0 Å². The van der Waals surface area contributed by atoms with Crippen molar-refractivity contribution in [3.8, 4) is 45.6 Å². The number of rotatable bonds is 8. The molecule has 4 atom stereocenters. The second-order valence-electron chi connectivity index (χ2n) is 10.5. The molecule has 42 heavy (non-hydrogen) atoms. The van der Waals surface area contributed by atoms with Crippen LogP contribution >= 0.6 is 0 Å². The van der Waals surface area contributed by atoms with Crippen LogP contribution in [-0.4, -0.2) is 47.0 Å². The summed E-state index contributed by atoms with van der Waals surface area (Å²) in [5.41, 5.74) is 3.49. The number of allylic oxidation sites excluding steroid dienone is 3. The topological polar surface area (TPSA) is 98.8 Å². The van der Waals surface area contributed by atoms with Crippen LogP contribution in [0.5, 0.6) is 34.5 Å². The average Bonchev–Trinajstić information content (AvgIpc) is 3.48. The molecule has 9 nitrogen and oxygen atoms in total. The van der Waals surface area contributed by atoms with Crippen LogP contribution < -0.4 is 28.4 Å². The minimum absolute atomic E-state index is 0.000202. The van der Waals surface area contributed by atoms with Gasteiger partial charge >= 0.3 is 5.97 Å². The molecule has 0 radical (unpaired) electrons. The van der Waals surface area contributed by atoms with Gasteiger partial charge in [0.05, 0.1) is 34.4 Å². The first kappa shape index (κ1) is 30.8. The first-order chi connectivity index (χ1) is 20.1. The number of ether oxygens (including phenoxy) is 7. The van der Waals surface area contributed by atoms with Gasteiger partial charge in [0.1, 0.15) is 6.10 Å². The van der Waals surface area contributed by atoms with E-state index < -0.39 is 18.0 Å². The molecule has 226 valence electrons. The molecule has 9 heteroatoms. The Morgan fingerprint density at radius 1 is 0.786 bits per heavy atom. The highest BCUT2D eigenvalue weighted by molar-refractivity contribution is 6.03. The van der Waals surface area contributed by atoms with Gasteiger partial charge in [-0.05, 0) is 56.9 Å². The lowest BCUT2D eigenvalue weighted by Crippen LogP contribution is -2.33. The Kier molecular flexibility index (Phi) is 9.09. The number of fused-ring (bicyclic) bond motifs is 4. The van der Waals surface area contributed by atoms with Crippen LogP contribution in [0.2, 0.25) is 0 Å². The van der Waals surface area contributed by atoms with Crippen LogP contribution in [-0.2, 0) is 14.3 Å². The number of carbonyl (C=O) groups excluding carboxylic acids is 2. The molecule has 2 aliphatic rings. The van der Waals surface area contributed by atoms with Crippen molar-refractivity contribution in [2.45, 2.75) is 53.6 Å². The van der Waals surface area contributed by atoms with Gasteiger partial charge in [0.25, 0.3) is 0 Å². The van der Waals surface area contributed by atoms with E-state index in [2.05, 4.69) is 0 Å². The molecule has 0 fully saturated rings. The summed E-state index contributed by atoms with van der Waals surface area (Å²) in [4.78, 5) is 27.5. The van der Waals surface area contributed by atoms with E-state index in [1.807, 2.05) is 32.9 Å². The molecular formula is C33H40O9. The summed E-state index contributed by atoms with van der Waals surface area (Å²) in [5.74, 6) is 0.528. The monoisotopic (exact) mass is 580 g/mol. The SMILES string of the molecule is C/C=C(\C)C(=O)O[C@H]1c2cc3c(c(OC)c2-c2c(cc(OC)c(OC)c2OC)[C@H](C(=O)/C(C)=C/C)[C@H](C)[C@H]1C)OCO3. The van der Waals surface area contributed by atoms with Crippen LogP contribution in [0.1, 0.15) is 64.7 Å². The largest absolute Gasteiger partial charge is 0.493 e. The smallest absolute Gasteiger partial charge is 0.333 e. The molecule has 0 bridgehead atoms. The van der Waals surface area contributed by atoms with Gasteiger partial charge in [0, 0.05) is 28.2 Å². The van der Waals surface area contributed by atoms with Crippen molar-refractivity contribution in [2.24, 2.45) is 11.8 Å². The summed E-state index contributed by atoms with van der Waals surface area (Å²) >= 11 is 0. The number of hydrogen-bond acceptors (Lipinski definition) is 9. The van der Waals surface area contributed by atoms with E-state index in [1.54, 1.807) is 40.0 Å². The summed E-state index contributed by atoms with van der Waals surface area (Å²) in [6.45, 7) is 11.1. The normalized spacial score (nSPS) is 21.4. The minimum atomic E-state index is -0.784. The molecule has 1 aliphatic carbocycles. The van der Waals surface area contributed by atoms with Gasteiger partial charge in [-0.1, -0.05) is 26.0 Å². The maximum absolute atomic E-state index is 14.2. The quantitative estimate of drug-likeness (QED) is 0.253. The van der Waals surface area contributed by atoms with Gasteiger partial charge < -0.3 is 33.2 Å². The van der Waals surface area contributed by atoms with Crippen molar-refractivity contribution in [3.05, 3.63) is 46.6 Å². The first-order valence-electron chi connectivity index (χ1n) is 13.9. The van der Waals surface area contributed by atoms with E-state index in [4.69, 9.17) is 33.2 Å². The molecule has 0 saturated heterocycles. The van der Waals surface area contributed by atoms with Gasteiger partial charge in [-0.2, -0.15) is 0 Å². The number of Topliss-reactive ketones (excluding diaryl/α,β-unsaturated/α-hetero) is 1. The molecule has 2 aromatic rings. The van der Waals surface area contributed by atoms with Crippen LogP contribution in [0, 0.1) is 11.8 Å². The van der Waals surface area contributed by atoms with E-state index in [0.29, 0.717) is 67.9 Å². The maximum Gasteiger partial charge on any atom is 0.333 e. The third-order valence-corrected chi connectivity index (χ3v) is 8.53. The molecule has 0 saturated carbocycles. The Bertz CT molecular complexity index is 1450. The van der Waals surface area contributed by atoms with Crippen LogP contribution in [0.4, 0.5) is 0 Å². The van der Waals surface area contributed by atoms with Crippen LogP contribution in [0.25, 0.3) is 11.1 Å². The molecule has 4 rings (SSSR count). The Morgan fingerprint density at radius 3 is 1.98 bits per heavy atom. The molecule has 2 aromatic carbocycles. The Hall–Kier alpha value is -4.14. The van der Waals surface area contributed by atoms with Crippen molar-refractivity contribution in [1.82, 2.24) is 0 Å². The van der Waals surface area contributed by atoms with Gasteiger partial charge in [0.15, 0.2) is 28.8 Å².